The number of aliphatic hydroxyl groups excluding tert-OH is 1. The van der Waals surface area contributed by atoms with Gasteiger partial charge in [0.1, 0.15) is 5.75 Å². The minimum absolute atomic E-state index is 0. The Kier molecular flexibility index (Phi) is 7.12. The standard InChI is InChI=1S/C14H19F4NO2.ClH/c1-13(2,3)11(20)10(19)8-4-6-9(7-5-8)21-14(17,18)12(15)16;/h4-7,10-12,20H,19H2,1-3H3;1H/t10-,11-;/m0./s1. The van der Waals surface area contributed by atoms with Crippen molar-refractivity contribution in [2.45, 2.75) is 45.5 Å². The average molecular weight is 346 g/mol. The van der Waals surface area contributed by atoms with E-state index in [-0.39, 0.29) is 12.4 Å². The Morgan fingerprint density at radius 1 is 1.09 bits per heavy atom. The molecular formula is C14H20ClF4NO2. The van der Waals surface area contributed by atoms with E-state index in [0.717, 1.165) is 12.1 Å². The molecule has 1 aromatic rings. The molecule has 22 heavy (non-hydrogen) atoms. The highest BCUT2D eigenvalue weighted by Crippen LogP contribution is 2.31. The van der Waals surface area contributed by atoms with Crippen molar-refractivity contribution in [3.8, 4) is 5.75 Å². The lowest BCUT2D eigenvalue weighted by Gasteiger charge is -2.31. The van der Waals surface area contributed by atoms with Gasteiger partial charge in [0.15, 0.2) is 0 Å². The lowest BCUT2D eigenvalue weighted by Crippen LogP contribution is -2.37. The highest BCUT2D eigenvalue weighted by atomic mass is 35.5. The number of rotatable bonds is 5. The van der Waals surface area contributed by atoms with Crippen molar-refractivity contribution in [2.75, 3.05) is 0 Å². The SMILES string of the molecule is CC(C)(C)[C@@H](O)[C@@H](N)c1ccc(OC(F)(F)C(F)F)cc1.Cl. The predicted molar refractivity (Wildman–Crippen MR) is 77.7 cm³/mol. The first-order chi connectivity index (χ1) is 9.45. The number of halogens is 5. The maximum Gasteiger partial charge on any atom is 0.461 e. The molecule has 8 heteroatoms. The topological polar surface area (TPSA) is 55.5 Å². The average Bonchev–Trinajstić information content (AvgIpc) is 2.36. The Labute approximate surface area is 132 Å². The smallest absolute Gasteiger partial charge is 0.428 e. The van der Waals surface area contributed by atoms with E-state index in [1.807, 2.05) is 0 Å². The van der Waals surface area contributed by atoms with Crippen molar-refractivity contribution in [2.24, 2.45) is 11.1 Å². The van der Waals surface area contributed by atoms with Crippen LogP contribution in [-0.4, -0.2) is 23.7 Å². The molecule has 1 aromatic carbocycles. The lowest BCUT2D eigenvalue weighted by molar-refractivity contribution is -0.253. The number of ether oxygens (including phenoxy) is 1. The van der Waals surface area contributed by atoms with Gasteiger partial charge in [0.2, 0.25) is 0 Å². The summed E-state index contributed by atoms with van der Waals surface area (Å²) >= 11 is 0. The normalized spacial score (nSPS) is 15.2. The summed E-state index contributed by atoms with van der Waals surface area (Å²) in [6.45, 7) is 5.41. The van der Waals surface area contributed by atoms with Gasteiger partial charge in [-0.25, -0.2) is 0 Å². The summed E-state index contributed by atoms with van der Waals surface area (Å²) in [5.74, 6) is -0.401. The quantitative estimate of drug-likeness (QED) is 0.799. The van der Waals surface area contributed by atoms with Gasteiger partial charge in [-0.3, -0.25) is 0 Å². The molecule has 0 aromatic heterocycles. The van der Waals surface area contributed by atoms with Crippen LogP contribution in [0.1, 0.15) is 32.4 Å². The summed E-state index contributed by atoms with van der Waals surface area (Å²) in [5.41, 5.74) is 5.92. The van der Waals surface area contributed by atoms with Crippen LogP contribution in [0, 0.1) is 5.41 Å². The van der Waals surface area contributed by atoms with Crippen LogP contribution in [0.4, 0.5) is 17.6 Å². The summed E-state index contributed by atoms with van der Waals surface area (Å²) in [4.78, 5) is 0. The van der Waals surface area contributed by atoms with Crippen molar-refractivity contribution < 1.29 is 27.4 Å². The van der Waals surface area contributed by atoms with Gasteiger partial charge in [-0.15, -0.1) is 12.4 Å². The summed E-state index contributed by atoms with van der Waals surface area (Å²) in [7, 11) is 0. The van der Waals surface area contributed by atoms with E-state index in [9.17, 15) is 22.7 Å². The van der Waals surface area contributed by atoms with Gasteiger partial charge in [0.05, 0.1) is 12.1 Å². The third kappa shape index (κ3) is 5.30. The van der Waals surface area contributed by atoms with Crippen LogP contribution in [0.5, 0.6) is 5.75 Å². The number of hydrogen-bond donors (Lipinski definition) is 2. The summed E-state index contributed by atoms with van der Waals surface area (Å²) in [6, 6.07) is 4.21. The van der Waals surface area contributed by atoms with Crippen LogP contribution < -0.4 is 10.5 Å². The van der Waals surface area contributed by atoms with Gasteiger partial charge in [0.25, 0.3) is 0 Å². The zero-order valence-corrected chi connectivity index (χ0v) is 13.2. The third-order valence-electron chi connectivity index (χ3n) is 3.00. The largest absolute Gasteiger partial charge is 0.461 e. The van der Waals surface area contributed by atoms with Gasteiger partial charge >= 0.3 is 12.5 Å². The van der Waals surface area contributed by atoms with Crippen LogP contribution >= 0.6 is 12.4 Å². The van der Waals surface area contributed by atoms with Crippen molar-refractivity contribution in [3.05, 3.63) is 29.8 Å². The Morgan fingerprint density at radius 2 is 1.55 bits per heavy atom. The fourth-order valence-electron chi connectivity index (χ4n) is 1.68. The summed E-state index contributed by atoms with van der Waals surface area (Å²) in [6.07, 6.45) is -9.32. The van der Waals surface area contributed by atoms with E-state index in [1.54, 1.807) is 20.8 Å². The number of benzene rings is 1. The number of aliphatic hydroxyl groups is 1. The third-order valence-corrected chi connectivity index (χ3v) is 3.00. The fraction of sp³-hybridized carbons (Fsp3) is 0.571. The molecule has 0 aliphatic heterocycles. The highest BCUT2D eigenvalue weighted by Gasteiger charge is 2.44. The van der Waals surface area contributed by atoms with Crippen LogP contribution in [-0.2, 0) is 0 Å². The molecule has 0 unspecified atom stereocenters. The van der Waals surface area contributed by atoms with Crippen LogP contribution in [0.25, 0.3) is 0 Å². The van der Waals surface area contributed by atoms with Crippen LogP contribution in [0.2, 0.25) is 0 Å². The lowest BCUT2D eigenvalue weighted by atomic mass is 9.82. The maximum absolute atomic E-state index is 12.7. The molecular weight excluding hydrogens is 326 g/mol. The van der Waals surface area contributed by atoms with Gasteiger partial charge in [-0.05, 0) is 23.1 Å². The molecule has 1 rings (SSSR count). The van der Waals surface area contributed by atoms with E-state index in [2.05, 4.69) is 4.74 Å². The second-order valence-corrected chi connectivity index (χ2v) is 5.87. The molecule has 0 saturated carbocycles. The minimum atomic E-state index is -4.55. The van der Waals surface area contributed by atoms with Crippen molar-refractivity contribution in [3.63, 3.8) is 0 Å². The molecule has 0 heterocycles. The van der Waals surface area contributed by atoms with Gasteiger partial charge in [-0.2, -0.15) is 17.6 Å². The molecule has 3 nitrogen and oxygen atoms in total. The molecule has 0 aliphatic rings. The molecule has 0 radical (unpaired) electrons. The highest BCUT2D eigenvalue weighted by molar-refractivity contribution is 5.85. The van der Waals surface area contributed by atoms with E-state index >= 15 is 0 Å². The van der Waals surface area contributed by atoms with Crippen LogP contribution in [0.3, 0.4) is 0 Å². The van der Waals surface area contributed by atoms with Crippen molar-refractivity contribution in [1.82, 2.24) is 0 Å². The van der Waals surface area contributed by atoms with E-state index in [4.69, 9.17) is 5.73 Å². The van der Waals surface area contributed by atoms with Crippen LogP contribution in [0.15, 0.2) is 24.3 Å². The van der Waals surface area contributed by atoms with Gasteiger partial charge < -0.3 is 15.6 Å². The monoisotopic (exact) mass is 345 g/mol. The van der Waals surface area contributed by atoms with Gasteiger partial charge in [-0.1, -0.05) is 32.9 Å². The Morgan fingerprint density at radius 3 is 1.91 bits per heavy atom. The number of hydrogen-bond acceptors (Lipinski definition) is 3. The molecule has 0 bridgehead atoms. The molecule has 0 fully saturated rings. The first-order valence-corrected chi connectivity index (χ1v) is 6.33. The van der Waals surface area contributed by atoms with E-state index in [0.29, 0.717) is 5.56 Å². The maximum atomic E-state index is 12.7. The fourth-order valence-corrected chi connectivity index (χ4v) is 1.68. The summed E-state index contributed by atoms with van der Waals surface area (Å²) in [5, 5.41) is 10.1. The molecule has 2 atom stereocenters. The Bertz CT molecular complexity index is 463. The Balaban J connectivity index is 0.00000441. The number of alkyl halides is 4. The second kappa shape index (κ2) is 7.48. The molecule has 0 saturated heterocycles. The second-order valence-electron chi connectivity index (χ2n) is 5.87. The molecule has 3 N–H and O–H groups in total. The molecule has 0 spiro atoms. The first-order valence-electron chi connectivity index (χ1n) is 6.33. The summed E-state index contributed by atoms with van der Waals surface area (Å²) < 4.78 is 53.4. The van der Waals surface area contributed by atoms with Crippen molar-refractivity contribution in [1.29, 1.82) is 0 Å². The molecule has 0 aliphatic carbocycles. The van der Waals surface area contributed by atoms with Crippen molar-refractivity contribution >= 4 is 12.4 Å². The number of nitrogens with two attached hydrogens (primary N) is 1. The first kappa shape index (κ1) is 20.9. The van der Waals surface area contributed by atoms with Gasteiger partial charge in [0, 0.05) is 0 Å². The Hall–Kier alpha value is -1.05. The zero-order chi connectivity index (χ0) is 16.4. The van der Waals surface area contributed by atoms with E-state index < -0.39 is 35.8 Å². The predicted octanol–water partition coefficient (Wildman–Crippen LogP) is 3.75. The molecule has 0 amide bonds. The van der Waals surface area contributed by atoms with E-state index in [1.165, 1.54) is 12.1 Å². The molecule has 128 valence electrons. The zero-order valence-electron chi connectivity index (χ0n) is 12.4. The minimum Gasteiger partial charge on any atom is -0.428 e.